The Labute approximate surface area is 193 Å². The SMILES string of the molecule is CCCC(C)Oc1c(OC)ccc2c1CN(S(C)(=O)=O)N=C2Cc1c(Cl)cncc1Cl. The third-order valence-corrected chi connectivity index (χ3v) is 6.60. The van der Waals surface area contributed by atoms with Gasteiger partial charge in [-0.3, -0.25) is 4.98 Å². The van der Waals surface area contributed by atoms with Crippen LogP contribution in [0.2, 0.25) is 10.0 Å². The summed E-state index contributed by atoms with van der Waals surface area (Å²) in [6, 6.07) is 3.65. The summed E-state index contributed by atoms with van der Waals surface area (Å²) in [5.74, 6) is 1.06. The zero-order valence-electron chi connectivity index (χ0n) is 17.9. The van der Waals surface area contributed by atoms with Gasteiger partial charge in [0.25, 0.3) is 0 Å². The second-order valence-corrected chi connectivity index (χ2v) is 10.1. The Morgan fingerprint density at radius 1 is 1.23 bits per heavy atom. The van der Waals surface area contributed by atoms with Gasteiger partial charge in [-0.25, -0.2) is 8.42 Å². The fourth-order valence-electron chi connectivity index (χ4n) is 3.45. The van der Waals surface area contributed by atoms with Gasteiger partial charge in [0.05, 0.1) is 41.8 Å². The lowest BCUT2D eigenvalue weighted by molar-refractivity contribution is 0.197. The molecule has 0 spiro atoms. The van der Waals surface area contributed by atoms with Gasteiger partial charge in [0.2, 0.25) is 10.0 Å². The summed E-state index contributed by atoms with van der Waals surface area (Å²) in [4.78, 5) is 3.98. The normalized spacial score (nSPS) is 14.6. The Bertz CT molecular complexity index is 1090. The fraction of sp³-hybridized carbons (Fsp3) is 0.429. The molecular weight excluding hydrogens is 461 g/mol. The molecule has 1 aromatic carbocycles. The van der Waals surface area contributed by atoms with Crippen molar-refractivity contribution in [2.75, 3.05) is 13.4 Å². The van der Waals surface area contributed by atoms with Crippen molar-refractivity contribution in [1.82, 2.24) is 9.40 Å². The van der Waals surface area contributed by atoms with Crippen molar-refractivity contribution < 1.29 is 17.9 Å². The average Bonchev–Trinajstić information content (AvgIpc) is 2.70. The number of methoxy groups -OCH3 is 1. The van der Waals surface area contributed by atoms with Crippen LogP contribution in [0.15, 0.2) is 29.6 Å². The van der Waals surface area contributed by atoms with E-state index in [0.717, 1.165) is 29.1 Å². The topological polar surface area (TPSA) is 81.1 Å². The van der Waals surface area contributed by atoms with Crippen LogP contribution in [0.3, 0.4) is 0 Å². The number of hydrazone groups is 1. The van der Waals surface area contributed by atoms with Crippen LogP contribution in [0.5, 0.6) is 11.5 Å². The van der Waals surface area contributed by atoms with Gasteiger partial charge in [-0.05, 0) is 31.0 Å². The van der Waals surface area contributed by atoms with Gasteiger partial charge in [-0.1, -0.05) is 36.5 Å². The summed E-state index contributed by atoms with van der Waals surface area (Å²) >= 11 is 12.6. The first-order valence-electron chi connectivity index (χ1n) is 9.85. The largest absolute Gasteiger partial charge is 0.493 e. The highest BCUT2D eigenvalue weighted by molar-refractivity contribution is 7.88. The number of aromatic nitrogens is 1. The molecule has 1 aliphatic heterocycles. The number of fused-ring (bicyclic) bond motifs is 1. The third-order valence-electron chi connectivity index (χ3n) is 4.97. The van der Waals surface area contributed by atoms with Crippen LogP contribution in [-0.2, 0) is 23.0 Å². The van der Waals surface area contributed by atoms with Crippen molar-refractivity contribution in [1.29, 1.82) is 0 Å². The molecule has 3 rings (SSSR count). The van der Waals surface area contributed by atoms with E-state index in [1.54, 1.807) is 13.2 Å². The second kappa shape index (κ2) is 9.63. The molecule has 2 aromatic rings. The number of ether oxygens (including phenoxy) is 2. The molecule has 0 bridgehead atoms. The molecule has 1 atom stereocenters. The maximum atomic E-state index is 12.4. The predicted octanol–water partition coefficient (Wildman–Crippen LogP) is 4.69. The monoisotopic (exact) mass is 485 g/mol. The summed E-state index contributed by atoms with van der Waals surface area (Å²) in [6.07, 6.45) is 6.09. The van der Waals surface area contributed by atoms with Crippen LogP contribution >= 0.6 is 23.2 Å². The van der Waals surface area contributed by atoms with E-state index in [1.165, 1.54) is 12.4 Å². The first-order chi connectivity index (χ1) is 14.7. The van der Waals surface area contributed by atoms with Crippen molar-refractivity contribution in [2.45, 2.75) is 45.8 Å². The summed E-state index contributed by atoms with van der Waals surface area (Å²) in [6.45, 7) is 4.10. The number of halogens is 2. The summed E-state index contributed by atoms with van der Waals surface area (Å²) in [7, 11) is -2.06. The quantitative estimate of drug-likeness (QED) is 0.541. The first kappa shape index (κ1) is 23.6. The minimum Gasteiger partial charge on any atom is -0.493 e. The van der Waals surface area contributed by atoms with Gasteiger partial charge in [0.15, 0.2) is 11.5 Å². The third kappa shape index (κ3) is 5.25. The summed E-state index contributed by atoms with van der Waals surface area (Å²) in [5.41, 5.74) is 2.59. The van der Waals surface area contributed by atoms with Crippen molar-refractivity contribution in [3.05, 3.63) is 51.3 Å². The Hall–Kier alpha value is -2.03. The van der Waals surface area contributed by atoms with Gasteiger partial charge >= 0.3 is 0 Å². The lowest BCUT2D eigenvalue weighted by Crippen LogP contribution is -2.32. The van der Waals surface area contributed by atoms with Gasteiger partial charge in [-0.2, -0.15) is 9.52 Å². The highest BCUT2D eigenvalue weighted by atomic mass is 35.5. The zero-order chi connectivity index (χ0) is 22.8. The van der Waals surface area contributed by atoms with E-state index in [9.17, 15) is 8.42 Å². The Balaban J connectivity index is 2.15. The molecule has 10 heteroatoms. The van der Waals surface area contributed by atoms with Crippen LogP contribution < -0.4 is 9.47 Å². The number of pyridine rings is 1. The van der Waals surface area contributed by atoms with Gasteiger partial charge < -0.3 is 9.47 Å². The standard InChI is InChI=1S/C21H25Cl2N3O4S/c1-5-6-13(2)30-21-16-12-26(31(4,27)28)25-19(14(16)7-8-20(21)29-3)9-15-17(22)10-24-11-18(15)23/h7-8,10-11,13H,5-6,9,12H2,1-4H3. The van der Waals surface area contributed by atoms with E-state index in [1.807, 2.05) is 13.0 Å². The fourth-order valence-corrected chi connectivity index (χ4v) is 4.55. The summed E-state index contributed by atoms with van der Waals surface area (Å²) < 4.78 is 37.6. The van der Waals surface area contributed by atoms with E-state index in [2.05, 4.69) is 17.0 Å². The molecule has 0 fully saturated rings. The molecule has 168 valence electrons. The number of benzene rings is 1. The maximum absolute atomic E-state index is 12.4. The van der Waals surface area contributed by atoms with E-state index < -0.39 is 10.0 Å². The molecule has 0 saturated heterocycles. The van der Waals surface area contributed by atoms with Crippen LogP contribution in [0, 0.1) is 0 Å². The highest BCUT2D eigenvalue weighted by Crippen LogP contribution is 2.39. The molecular formula is C21H25Cl2N3O4S. The maximum Gasteiger partial charge on any atom is 0.247 e. The Kier molecular flexibility index (Phi) is 7.34. The van der Waals surface area contributed by atoms with Crippen molar-refractivity contribution in [3.8, 4) is 11.5 Å². The van der Waals surface area contributed by atoms with Crippen LogP contribution in [0.4, 0.5) is 0 Å². The lowest BCUT2D eigenvalue weighted by atomic mass is 9.95. The Morgan fingerprint density at radius 3 is 2.48 bits per heavy atom. The number of hydrogen-bond donors (Lipinski definition) is 0. The van der Waals surface area contributed by atoms with Gasteiger partial charge in [-0.15, -0.1) is 0 Å². The van der Waals surface area contributed by atoms with Gasteiger partial charge in [0.1, 0.15) is 0 Å². The van der Waals surface area contributed by atoms with Crippen molar-refractivity contribution >= 4 is 38.9 Å². The molecule has 1 unspecified atom stereocenters. The van der Waals surface area contributed by atoms with Crippen LogP contribution in [0.25, 0.3) is 0 Å². The number of sulfonamides is 1. The van der Waals surface area contributed by atoms with E-state index in [4.69, 9.17) is 32.7 Å². The smallest absolute Gasteiger partial charge is 0.247 e. The molecule has 0 N–H and O–H groups in total. The number of nitrogens with zero attached hydrogens (tertiary/aromatic N) is 3. The number of rotatable bonds is 8. The van der Waals surface area contributed by atoms with Crippen molar-refractivity contribution in [3.63, 3.8) is 0 Å². The molecule has 31 heavy (non-hydrogen) atoms. The molecule has 0 aliphatic carbocycles. The van der Waals surface area contributed by atoms with Crippen LogP contribution in [-0.4, -0.2) is 43.0 Å². The lowest BCUT2D eigenvalue weighted by Gasteiger charge is -2.29. The summed E-state index contributed by atoms with van der Waals surface area (Å²) in [5, 5.41) is 5.18. The Morgan fingerprint density at radius 2 is 1.90 bits per heavy atom. The first-order valence-corrected chi connectivity index (χ1v) is 12.5. The molecule has 1 aliphatic rings. The molecule has 0 radical (unpaired) electrons. The number of hydrogen-bond acceptors (Lipinski definition) is 6. The second-order valence-electron chi connectivity index (χ2n) is 7.39. The molecule has 2 heterocycles. The minimum atomic E-state index is -3.62. The van der Waals surface area contributed by atoms with E-state index in [0.29, 0.717) is 38.4 Å². The van der Waals surface area contributed by atoms with Crippen LogP contribution in [0.1, 0.15) is 43.4 Å². The molecule has 0 amide bonds. The highest BCUT2D eigenvalue weighted by Gasteiger charge is 2.30. The molecule has 0 saturated carbocycles. The van der Waals surface area contributed by atoms with E-state index in [-0.39, 0.29) is 19.1 Å². The minimum absolute atomic E-state index is 0.0425. The molecule has 1 aromatic heterocycles. The average molecular weight is 486 g/mol. The predicted molar refractivity (Wildman–Crippen MR) is 123 cm³/mol. The van der Waals surface area contributed by atoms with E-state index >= 15 is 0 Å². The van der Waals surface area contributed by atoms with Gasteiger partial charge in [0, 0.05) is 29.9 Å². The molecule has 7 nitrogen and oxygen atoms in total. The van der Waals surface area contributed by atoms with Crippen molar-refractivity contribution in [2.24, 2.45) is 5.10 Å². The zero-order valence-corrected chi connectivity index (χ0v) is 20.2.